The molecule has 1 amide bonds. The fraction of sp³-hybridized carbons (Fsp3) is 0.222. The number of halogens is 1. The SMILES string of the molecule is COC(=O)c1ccc(N2C(=O)CSC2c2ccc(F)cc2)c(C)c1. The predicted molar refractivity (Wildman–Crippen MR) is 91.6 cm³/mol. The van der Waals surface area contributed by atoms with Crippen molar-refractivity contribution in [2.24, 2.45) is 0 Å². The number of carbonyl (C=O) groups excluding carboxylic acids is 2. The topological polar surface area (TPSA) is 46.6 Å². The number of anilines is 1. The van der Waals surface area contributed by atoms with Crippen molar-refractivity contribution in [1.29, 1.82) is 0 Å². The van der Waals surface area contributed by atoms with Gasteiger partial charge in [0.05, 0.1) is 18.4 Å². The van der Waals surface area contributed by atoms with Crippen LogP contribution in [0.5, 0.6) is 0 Å². The summed E-state index contributed by atoms with van der Waals surface area (Å²) in [5, 5.41) is -0.208. The molecule has 1 saturated heterocycles. The van der Waals surface area contributed by atoms with Crippen LogP contribution in [-0.2, 0) is 9.53 Å². The van der Waals surface area contributed by atoms with E-state index < -0.39 is 5.97 Å². The number of thioether (sulfide) groups is 1. The van der Waals surface area contributed by atoms with E-state index in [-0.39, 0.29) is 17.1 Å². The van der Waals surface area contributed by atoms with E-state index in [9.17, 15) is 14.0 Å². The Hall–Kier alpha value is -2.34. The number of benzene rings is 2. The second kappa shape index (κ2) is 6.65. The van der Waals surface area contributed by atoms with Crippen LogP contribution in [0, 0.1) is 12.7 Å². The van der Waals surface area contributed by atoms with E-state index >= 15 is 0 Å². The van der Waals surface area contributed by atoms with Crippen molar-refractivity contribution in [3.8, 4) is 0 Å². The first-order valence-electron chi connectivity index (χ1n) is 7.39. The number of esters is 1. The molecule has 1 unspecified atom stereocenters. The van der Waals surface area contributed by atoms with Gasteiger partial charge < -0.3 is 4.74 Å². The highest BCUT2D eigenvalue weighted by Crippen LogP contribution is 2.42. The molecule has 24 heavy (non-hydrogen) atoms. The van der Waals surface area contributed by atoms with Crippen LogP contribution in [0.2, 0.25) is 0 Å². The Kier molecular flexibility index (Phi) is 4.57. The van der Waals surface area contributed by atoms with Gasteiger partial charge in [0.1, 0.15) is 11.2 Å². The van der Waals surface area contributed by atoms with Gasteiger partial charge in [-0.2, -0.15) is 0 Å². The van der Waals surface area contributed by atoms with Crippen LogP contribution in [0.25, 0.3) is 0 Å². The molecular formula is C18H16FNO3S. The maximum atomic E-state index is 13.2. The predicted octanol–water partition coefficient (Wildman–Crippen LogP) is 3.70. The van der Waals surface area contributed by atoms with Gasteiger partial charge >= 0.3 is 5.97 Å². The van der Waals surface area contributed by atoms with E-state index in [0.29, 0.717) is 11.3 Å². The van der Waals surface area contributed by atoms with Gasteiger partial charge in [-0.15, -0.1) is 11.8 Å². The van der Waals surface area contributed by atoms with Crippen molar-refractivity contribution < 1.29 is 18.7 Å². The van der Waals surface area contributed by atoms with Crippen molar-refractivity contribution in [3.63, 3.8) is 0 Å². The Labute approximate surface area is 143 Å². The second-order valence-electron chi connectivity index (χ2n) is 5.47. The largest absolute Gasteiger partial charge is 0.465 e. The molecule has 2 aromatic rings. The first-order valence-corrected chi connectivity index (χ1v) is 8.44. The van der Waals surface area contributed by atoms with Gasteiger partial charge in [0.25, 0.3) is 0 Å². The lowest BCUT2D eigenvalue weighted by molar-refractivity contribution is -0.115. The summed E-state index contributed by atoms with van der Waals surface area (Å²) in [5.41, 5.74) is 2.85. The first-order chi connectivity index (χ1) is 11.5. The molecule has 3 rings (SSSR count). The third-order valence-electron chi connectivity index (χ3n) is 3.90. The zero-order chi connectivity index (χ0) is 17.3. The van der Waals surface area contributed by atoms with Crippen LogP contribution < -0.4 is 4.90 Å². The molecule has 6 heteroatoms. The molecular weight excluding hydrogens is 329 g/mol. The second-order valence-corrected chi connectivity index (χ2v) is 6.54. The lowest BCUT2D eigenvalue weighted by atomic mass is 10.1. The highest BCUT2D eigenvalue weighted by molar-refractivity contribution is 8.00. The molecule has 1 aliphatic rings. The van der Waals surface area contributed by atoms with E-state index in [1.54, 1.807) is 35.2 Å². The number of methoxy groups -OCH3 is 1. The van der Waals surface area contributed by atoms with E-state index in [2.05, 4.69) is 0 Å². The zero-order valence-corrected chi connectivity index (χ0v) is 14.1. The summed E-state index contributed by atoms with van der Waals surface area (Å²) in [6.45, 7) is 1.85. The normalized spacial score (nSPS) is 17.2. The Morgan fingerprint density at radius 1 is 1.25 bits per heavy atom. The average molecular weight is 345 g/mol. The van der Waals surface area contributed by atoms with Crippen molar-refractivity contribution >= 4 is 29.3 Å². The lowest BCUT2D eigenvalue weighted by Gasteiger charge is -2.26. The number of hydrogen-bond donors (Lipinski definition) is 0. The molecule has 0 aromatic heterocycles. The van der Waals surface area contributed by atoms with E-state index in [1.165, 1.54) is 31.0 Å². The van der Waals surface area contributed by atoms with Crippen LogP contribution in [0.4, 0.5) is 10.1 Å². The quantitative estimate of drug-likeness (QED) is 0.796. The van der Waals surface area contributed by atoms with Crippen molar-refractivity contribution in [3.05, 3.63) is 65.0 Å². The molecule has 0 N–H and O–H groups in total. The minimum absolute atomic E-state index is 0.0109. The third kappa shape index (κ3) is 3.01. The van der Waals surface area contributed by atoms with Gasteiger partial charge in [-0.05, 0) is 48.4 Å². The molecule has 0 aliphatic carbocycles. The summed E-state index contributed by atoms with van der Waals surface area (Å²) in [7, 11) is 1.33. The number of ether oxygens (including phenoxy) is 1. The standard InChI is InChI=1S/C18H16FNO3S/c1-11-9-13(18(22)23-2)5-8-15(11)20-16(21)10-24-17(20)12-3-6-14(19)7-4-12/h3-9,17H,10H2,1-2H3. The summed E-state index contributed by atoms with van der Waals surface area (Å²) >= 11 is 1.50. The van der Waals surface area contributed by atoms with Gasteiger partial charge in [-0.1, -0.05) is 12.1 Å². The summed E-state index contributed by atoms with van der Waals surface area (Å²) in [6, 6.07) is 11.3. The van der Waals surface area contributed by atoms with Crippen LogP contribution in [0.3, 0.4) is 0 Å². The van der Waals surface area contributed by atoms with Gasteiger partial charge in [-0.25, -0.2) is 9.18 Å². The fourth-order valence-electron chi connectivity index (χ4n) is 2.73. The summed E-state index contributed by atoms with van der Waals surface area (Å²) in [6.07, 6.45) is 0. The highest BCUT2D eigenvalue weighted by atomic mass is 32.2. The zero-order valence-electron chi connectivity index (χ0n) is 13.3. The maximum absolute atomic E-state index is 13.2. The summed E-state index contributed by atoms with van der Waals surface area (Å²) in [5.74, 6) is -0.372. The lowest BCUT2D eigenvalue weighted by Crippen LogP contribution is -2.28. The minimum atomic E-state index is -0.415. The molecule has 2 aromatic carbocycles. The Balaban J connectivity index is 1.98. The molecule has 1 fully saturated rings. The van der Waals surface area contributed by atoms with Crippen molar-refractivity contribution in [2.75, 3.05) is 17.8 Å². The van der Waals surface area contributed by atoms with E-state index in [1.807, 2.05) is 6.92 Å². The molecule has 1 atom stereocenters. The average Bonchev–Trinajstić information content (AvgIpc) is 2.96. The molecule has 0 radical (unpaired) electrons. The van der Waals surface area contributed by atoms with Crippen LogP contribution in [-0.4, -0.2) is 24.7 Å². The number of nitrogens with zero attached hydrogens (tertiary/aromatic N) is 1. The Morgan fingerprint density at radius 3 is 2.58 bits per heavy atom. The van der Waals surface area contributed by atoms with Crippen molar-refractivity contribution in [2.45, 2.75) is 12.3 Å². The molecule has 1 aliphatic heterocycles. The number of rotatable bonds is 3. The van der Waals surface area contributed by atoms with Gasteiger partial charge in [-0.3, -0.25) is 9.69 Å². The Morgan fingerprint density at radius 2 is 1.96 bits per heavy atom. The van der Waals surface area contributed by atoms with Gasteiger partial charge in [0.15, 0.2) is 0 Å². The number of hydrogen-bond acceptors (Lipinski definition) is 4. The summed E-state index contributed by atoms with van der Waals surface area (Å²) in [4.78, 5) is 25.7. The monoisotopic (exact) mass is 345 g/mol. The van der Waals surface area contributed by atoms with E-state index in [4.69, 9.17) is 4.74 Å². The van der Waals surface area contributed by atoms with Gasteiger partial charge in [0.2, 0.25) is 5.91 Å². The molecule has 0 saturated carbocycles. The molecule has 1 heterocycles. The molecule has 0 bridgehead atoms. The van der Waals surface area contributed by atoms with E-state index in [0.717, 1.165) is 16.8 Å². The maximum Gasteiger partial charge on any atom is 0.337 e. The van der Waals surface area contributed by atoms with Crippen LogP contribution in [0.1, 0.15) is 26.9 Å². The van der Waals surface area contributed by atoms with Crippen LogP contribution in [0.15, 0.2) is 42.5 Å². The molecule has 4 nitrogen and oxygen atoms in total. The first kappa shape index (κ1) is 16.5. The smallest absolute Gasteiger partial charge is 0.337 e. The third-order valence-corrected chi connectivity index (χ3v) is 5.11. The van der Waals surface area contributed by atoms with Gasteiger partial charge in [0, 0.05) is 5.69 Å². The highest BCUT2D eigenvalue weighted by Gasteiger charge is 2.34. The minimum Gasteiger partial charge on any atom is -0.465 e. The molecule has 124 valence electrons. The number of aryl methyl sites for hydroxylation is 1. The number of amides is 1. The van der Waals surface area contributed by atoms with Crippen LogP contribution >= 0.6 is 11.8 Å². The number of carbonyl (C=O) groups is 2. The summed E-state index contributed by atoms with van der Waals surface area (Å²) < 4.78 is 17.9. The van der Waals surface area contributed by atoms with Crippen molar-refractivity contribution in [1.82, 2.24) is 0 Å². The fourth-order valence-corrected chi connectivity index (χ4v) is 3.90. The Bertz CT molecular complexity index is 791. The molecule has 0 spiro atoms.